The summed E-state index contributed by atoms with van der Waals surface area (Å²) < 4.78 is 0. The Morgan fingerprint density at radius 1 is 1.26 bits per heavy atom. The number of anilines is 1. The van der Waals surface area contributed by atoms with Gasteiger partial charge in [0.1, 0.15) is 16.5 Å². The lowest BCUT2D eigenvalue weighted by atomic mass is 10.1. The Morgan fingerprint density at radius 3 is 2.74 bits per heavy atom. The molecule has 0 radical (unpaired) electrons. The minimum Gasteiger partial charge on any atom is -0.347 e. The number of amides is 1. The van der Waals surface area contributed by atoms with E-state index < -0.39 is 0 Å². The molecule has 0 saturated heterocycles. The zero-order chi connectivity index (χ0) is 16.6. The molecule has 6 heteroatoms. The molecule has 2 aromatic rings. The zero-order valence-corrected chi connectivity index (χ0v) is 15.2. The Balaban J connectivity index is 2.09. The molecule has 0 saturated carbocycles. The molecule has 0 bridgehead atoms. The van der Waals surface area contributed by atoms with Crippen LogP contribution in [-0.2, 0) is 17.6 Å². The summed E-state index contributed by atoms with van der Waals surface area (Å²) in [7, 11) is 3.60. The molecule has 1 aliphatic carbocycles. The number of thiophene rings is 1. The second kappa shape index (κ2) is 6.43. The maximum absolute atomic E-state index is 12.2. The normalized spacial score (nSPS) is 13.4. The van der Waals surface area contributed by atoms with Crippen LogP contribution in [0.2, 0.25) is 0 Å². The van der Waals surface area contributed by atoms with Gasteiger partial charge in [-0.2, -0.15) is 0 Å². The van der Waals surface area contributed by atoms with Crippen LogP contribution in [0, 0.1) is 6.92 Å². The lowest BCUT2D eigenvalue weighted by Crippen LogP contribution is -2.37. The molecule has 0 aliphatic heterocycles. The predicted molar refractivity (Wildman–Crippen MR) is 95.4 cm³/mol. The fraction of sp³-hybridized carbons (Fsp3) is 0.588. The van der Waals surface area contributed by atoms with Crippen LogP contribution >= 0.6 is 11.3 Å². The van der Waals surface area contributed by atoms with E-state index in [1.165, 1.54) is 22.2 Å². The minimum absolute atomic E-state index is 0.106. The third kappa shape index (κ3) is 3.04. The quantitative estimate of drug-likeness (QED) is 0.845. The van der Waals surface area contributed by atoms with Crippen molar-refractivity contribution in [2.75, 3.05) is 32.1 Å². The van der Waals surface area contributed by atoms with Crippen LogP contribution in [0.25, 0.3) is 10.2 Å². The molecule has 0 fully saturated rings. The number of aromatic nitrogens is 2. The summed E-state index contributed by atoms with van der Waals surface area (Å²) in [5, 5.41) is 1.19. The van der Waals surface area contributed by atoms with Crippen LogP contribution in [0.15, 0.2) is 0 Å². The van der Waals surface area contributed by atoms with Gasteiger partial charge in [-0.05, 0) is 38.2 Å². The Morgan fingerprint density at radius 2 is 2.04 bits per heavy atom. The van der Waals surface area contributed by atoms with Gasteiger partial charge in [-0.25, -0.2) is 9.97 Å². The smallest absolute Gasteiger partial charge is 0.241 e. The third-order valence-electron chi connectivity index (χ3n) is 4.28. The molecule has 2 heterocycles. The Hall–Kier alpha value is -1.69. The van der Waals surface area contributed by atoms with Crippen molar-refractivity contribution in [3.05, 3.63) is 16.3 Å². The molecule has 0 aromatic carbocycles. The van der Waals surface area contributed by atoms with Crippen molar-refractivity contribution in [2.24, 2.45) is 0 Å². The van der Waals surface area contributed by atoms with Crippen LogP contribution in [0.5, 0.6) is 0 Å². The molecule has 1 amide bonds. The molecule has 1 aliphatic rings. The summed E-state index contributed by atoms with van der Waals surface area (Å²) in [4.78, 5) is 27.9. The molecular formula is C17H24N4OS. The standard InChI is InChI=1S/C17H24N4OS/c1-5-9-21(10-14(22)20(3)4)16-15-12-7-6-8-13(12)23-17(15)19-11(2)18-16/h5-10H2,1-4H3. The summed E-state index contributed by atoms with van der Waals surface area (Å²) >= 11 is 1.80. The molecule has 2 aromatic heterocycles. The summed E-state index contributed by atoms with van der Waals surface area (Å²) in [6.45, 7) is 5.27. The molecule has 0 unspecified atom stereocenters. The Bertz CT molecular complexity index is 738. The van der Waals surface area contributed by atoms with Crippen molar-refractivity contribution in [3.8, 4) is 0 Å². The van der Waals surface area contributed by atoms with Crippen molar-refractivity contribution < 1.29 is 4.79 Å². The van der Waals surface area contributed by atoms with E-state index in [1.54, 1.807) is 30.3 Å². The van der Waals surface area contributed by atoms with Crippen LogP contribution in [-0.4, -0.2) is 48.0 Å². The van der Waals surface area contributed by atoms with E-state index in [0.29, 0.717) is 6.54 Å². The average molecular weight is 332 g/mol. The fourth-order valence-electron chi connectivity index (χ4n) is 3.14. The minimum atomic E-state index is 0.106. The molecule has 124 valence electrons. The van der Waals surface area contributed by atoms with Crippen molar-refractivity contribution in [2.45, 2.75) is 39.5 Å². The first-order chi connectivity index (χ1) is 11.0. The first-order valence-corrected chi connectivity index (χ1v) is 9.07. The topological polar surface area (TPSA) is 49.3 Å². The van der Waals surface area contributed by atoms with E-state index in [2.05, 4.69) is 16.8 Å². The van der Waals surface area contributed by atoms with Crippen molar-refractivity contribution in [3.63, 3.8) is 0 Å². The van der Waals surface area contributed by atoms with E-state index in [0.717, 1.165) is 42.3 Å². The van der Waals surface area contributed by atoms with Gasteiger partial charge < -0.3 is 9.80 Å². The molecular weight excluding hydrogens is 308 g/mol. The van der Waals surface area contributed by atoms with Crippen molar-refractivity contribution >= 4 is 33.3 Å². The highest BCUT2D eigenvalue weighted by Crippen LogP contribution is 2.40. The lowest BCUT2D eigenvalue weighted by Gasteiger charge is -2.25. The number of hydrogen-bond donors (Lipinski definition) is 0. The van der Waals surface area contributed by atoms with Crippen LogP contribution in [0.4, 0.5) is 5.82 Å². The number of fused-ring (bicyclic) bond motifs is 3. The van der Waals surface area contributed by atoms with Gasteiger partial charge in [-0.15, -0.1) is 11.3 Å². The molecule has 23 heavy (non-hydrogen) atoms. The largest absolute Gasteiger partial charge is 0.347 e. The number of carbonyl (C=O) groups excluding carboxylic acids is 1. The first kappa shape index (κ1) is 16.2. The number of nitrogens with zero attached hydrogens (tertiary/aromatic N) is 4. The van der Waals surface area contributed by atoms with Gasteiger partial charge in [-0.1, -0.05) is 6.92 Å². The maximum atomic E-state index is 12.2. The molecule has 3 rings (SSSR count). The van der Waals surface area contributed by atoms with Gasteiger partial charge in [0.05, 0.1) is 11.9 Å². The number of carbonyl (C=O) groups is 1. The molecule has 0 N–H and O–H groups in total. The van der Waals surface area contributed by atoms with E-state index in [4.69, 9.17) is 4.98 Å². The highest BCUT2D eigenvalue weighted by atomic mass is 32.1. The highest BCUT2D eigenvalue weighted by molar-refractivity contribution is 7.19. The number of aryl methyl sites for hydroxylation is 3. The fourth-order valence-corrected chi connectivity index (χ4v) is 4.45. The van der Waals surface area contributed by atoms with Gasteiger partial charge in [0, 0.05) is 25.5 Å². The van der Waals surface area contributed by atoms with Gasteiger partial charge in [0.15, 0.2) is 0 Å². The SMILES string of the molecule is CCCN(CC(=O)N(C)C)c1nc(C)nc2sc3c(c12)CCC3. The summed E-state index contributed by atoms with van der Waals surface area (Å²) in [6, 6.07) is 0. The third-order valence-corrected chi connectivity index (χ3v) is 5.46. The van der Waals surface area contributed by atoms with Gasteiger partial charge in [0.2, 0.25) is 5.91 Å². The first-order valence-electron chi connectivity index (χ1n) is 8.25. The predicted octanol–water partition coefficient (Wildman–Crippen LogP) is 2.79. The molecule has 5 nitrogen and oxygen atoms in total. The van der Waals surface area contributed by atoms with Gasteiger partial charge in [-0.3, -0.25) is 4.79 Å². The lowest BCUT2D eigenvalue weighted by molar-refractivity contribution is -0.127. The summed E-state index contributed by atoms with van der Waals surface area (Å²) in [5.74, 6) is 1.84. The maximum Gasteiger partial charge on any atom is 0.241 e. The number of hydrogen-bond acceptors (Lipinski definition) is 5. The summed E-state index contributed by atoms with van der Waals surface area (Å²) in [6.07, 6.45) is 4.46. The molecule has 0 spiro atoms. The van der Waals surface area contributed by atoms with Crippen molar-refractivity contribution in [1.29, 1.82) is 0 Å². The van der Waals surface area contributed by atoms with Gasteiger partial charge >= 0.3 is 0 Å². The van der Waals surface area contributed by atoms with Crippen LogP contribution in [0.1, 0.15) is 36.0 Å². The van der Waals surface area contributed by atoms with E-state index in [-0.39, 0.29) is 5.91 Å². The number of rotatable bonds is 5. The highest BCUT2D eigenvalue weighted by Gasteiger charge is 2.25. The Kier molecular flexibility index (Phi) is 4.53. The monoisotopic (exact) mass is 332 g/mol. The second-order valence-electron chi connectivity index (χ2n) is 6.34. The number of likely N-dealkylation sites (N-methyl/N-ethyl adjacent to an activating group) is 1. The zero-order valence-electron chi connectivity index (χ0n) is 14.3. The average Bonchev–Trinajstić information content (AvgIpc) is 3.05. The van der Waals surface area contributed by atoms with E-state index in [1.807, 2.05) is 6.92 Å². The molecule has 0 atom stereocenters. The van der Waals surface area contributed by atoms with Crippen LogP contribution < -0.4 is 4.90 Å². The van der Waals surface area contributed by atoms with Crippen LogP contribution in [0.3, 0.4) is 0 Å². The Labute approximate surface area is 141 Å². The second-order valence-corrected chi connectivity index (χ2v) is 7.43. The summed E-state index contributed by atoms with van der Waals surface area (Å²) in [5.41, 5.74) is 1.42. The van der Waals surface area contributed by atoms with Crippen molar-refractivity contribution in [1.82, 2.24) is 14.9 Å². The van der Waals surface area contributed by atoms with E-state index in [9.17, 15) is 4.79 Å². The van der Waals surface area contributed by atoms with E-state index >= 15 is 0 Å². The van der Waals surface area contributed by atoms with Gasteiger partial charge in [0.25, 0.3) is 0 Å².